The van der Waals surface area contributed by atoms with Crippen molar-refractivity contribution in [3.8, 4) is 11.5 Å². The number of thiazole rings is 1. The van der Waals surface area contributed by atoms with Gasteiger partial charge in [0.25, 0.3) is 5.91 Å². The Kier molecular flexibility index (Phi) is 3.82. The van der Waals surface area contributed by atoms with Crippen molar-refractivity contribution in [2.75, 3.05) is 20.3 Å². The zero-order chi connectivity index (χ0) is 16.5. The molecule has 0 bridgehead atoms. The smallest absolute Gasteiger partial charge is 0.253 e. The van der Waals surface area contributed by atoms with Crippen molar-refractivity contribution in [1.82, 2.24) is 9.88 Å². The molecular formula is C18H16N2O3S. The number of fused-ring (bicyclic) bond motifs is 2. The number of carbonyl (C=O) groups excluding carboxylic acids is 1. The third-order valence-corrected chi connectivity index (χ3v) is 4.74. The molecule has 0 saturated heterocycles. The minimum Gasteiger partial charge on any atom is -0.486 e. The molecule has 1 aliphatic heterocycles. The molecule has 0 saturated carbocycles. The van der Waals surface area contributed by atoms with Crippen LogP contribution < -0.4 is 9.47 Å². The van der Waals surface area contributed by atoms with E-state index in [-0.39, 0.29) is 5.91 Å². The molecule has 1 aromatic heterocycles. The summed E-state index contributed by atoms with van der Waals surface area (Å²) in [6.07, 6.45) is 0. The summed E-state index contributed by atoms with van der Waals surface area (Å²) in [4.78, 5) is 18.6. The van der Waals surface area contributed by atoms with Gasteiger partial charge in [-0.05, 0) is 35.9 Å². The van der Waals surface area contributed by atoms with Crippen LogP contribution in [0.25, 0.3) is 10.2 Å². The van der Waals surface area contributed by atoms with Gasteiger partial charge in [0.2, 0.25) is 0 Å². The maximum atomic E-state index is 12.7. The Morgan fingerprint density at radius 3 is 2.88 bits per heavy atom. The Morgan fingerprint density at radius 1 is 1.17 bits per heavy atom. The van der Waals surface area contributed by atoms with Gasteiger partial charge >= 0.3 is 0 Å². The summed E-state index contributed by atoms with van der Waals surface area (Å²) in [5.74, 6) is 1.49. The normalized spacial score (nSPS) is 13.0. The summed E-state index contributed by atoms with van der Waals surface area (Å²) in [6, 6.07) is 11.4. The fourth-order valence-corrected chi connectivity index (χ4v) is 3.46. The highest BCUT2D eigenvalue weighted by atomic mass is 32.1. The summed E-state index contributed by atoms with van der Waals surface area (Å²) in [5, 5.41) is 0. The van der Waals surface area contributed by atoms with Gasteiger partial charge in [-0.15, -0.1) is 11.3 Å². The largest absolute Gasteiger partial charge is 0.486 e. The lowest BCUT2D eigenvalue weighted by Crippen LogP contribution is -2.26. The van der Waals surface area contributed by atoms with E-state index in [2.05, 4.69) is 4.98 Å². The van der Waals surface area contributed by atoms with Crippen molar-refractivity contribution in [3.05, 3.63) is 53.0 Å². The van der Waals surface area contributed by atoms with Crippen LogP contribution in [-0.4, -0.2) is 36.1 Å². The van der Waals surface area contributed by atoms with Crippen molar-refractivity contribution < 1.29 is 14.3 Å². The first-order valence-electron chi connectivity index (χ1n) is 7.68. The molecule has 0 spiro atoms. The minimum absolute atomic E-state index is 0.0137. The monoisotopic (exact) mass is 340 g/mol. The average Bonchev–Trinajstić information content (AvgIpc) is 3.08. The number of nitrogens with zero attached hydrogens (tertiary/aromatic N) is 2. The first-order chi connectivity index (χ1) is 11.7. The average molecular weight is 340 g/mol. The molecule has 0 N–H and O–H groups in total. The molecule has 2 aromatic carbocycles. The molecule has 1 amide bonds. The summed E-state index contributed by atoms with van der Waals surface area (Å²) in [7, 11) is 1.80. The van der Waals surface area contributed by atoms with Crippen molar-refractivity contribution in [2.24, 2.45) is 0 Å². The second kappa shape index (κ2) is 6.13. The number of aromatic nitrogens is 1. The van der Waals surface area contributed by atoms with Gasteiger partial charge in [-0.3, -0.25) is 4.79 Å². The van der Waals surface area contributed by atoms with E-state index in [0.29, 0.717) is 25.3 Å². The summed E-state index contributed by atoms with van der Waals surface area (Å²) < 4.78 is 12.1. The molecule has 0 atom stereocenters. The molecule has 122 valence electrons. The lowest BCUT2D eigenvalue weighted by atomic mass is 10.1. The van der Waals surface area contributed by atoms with Crippen LogP contribution in [0.5, 0.6) is 11.5 Å². The second-order valence-electron chi connectivity index (χ2n) is 5.67. The third-order valence-electron chi connectivity index (χ3n) is 3.95. The number of amides is 1. The first-order valence-corrected chi connectivity index (χ1v) is 8.56. The van der Waals surface area contributed by atoms with E-state index in [0.717, 1.165) is 27.3 Å². The van der Waals surface area contributed by atoms with E-state index >= 15 is 0 Å². The lowest BCUT2D eigenvalue weighted by molar-refractivity contribution is 0.0785. The van der Waals surface area contributed by atoms with Gasteiger partial charge < -0.3 is 14.4 Å². The molecule has 0 aliphatic carbocycles. The van der Waals surface area contributed by atoms with Gasteiger partial charge in [-0.25, -0.2) is 4.98 Å². The molecule has 4 rings (SSSR count). The van der Waals surface area contributed by atoms with E-state index in [1.807, 2.05) is 36.4 Å². The Morgan fingerprint density at radius 2 is 2.00 bits per heavy atom. The van der Waals surface area contributed by atoms with Crippen LogP contribution >= 0.6 is 11.3 Å². The van der Waals surface area contributed by atoms with Gasteiger partial charge in [0.1, 0.15) is 13.2 Å². The number of carbonyl (C=O) groups is 1. The van der Waals surface area contributed by atoms with Crippen LogP contribution in [0.15, 0.2) is 41.9 Å². The van der Waals surface area contributed by atoms with Crippen molar-refractivity contribution >= 4 is 27.5 Å². The third kappa shape index (κ3) is 2.80. The van der Waals surface area contributed by atoms with Gasteiger partial charge in [-0.2, -0.15) is 0 Å². The summed E-state index contributed by atoms with van der Waals surface area (Å²) >= 11 is 1.54. The van der Waals surface area contributed by atoms with Gasteiger partial charge in [-0.1, -0.05) is 6.07 Å². The van der Waals surface area contributed by atoms with E-state index in [1.165, 1.54) is 11.3 Å². The van der Waals surface area contributed by atoms with Crippen LogP contribution in [0.4, 0.5) is 0 Å². The van der Waals surface area contributed by atoms with E-state index in [1.54, 1.807) is 17.5 Å². The van der Waals surface area contributed by atoms with Gasteiger partial charge in [0, 0.05) is 19.2 Å². The van der Waals surface area contributed by atoms with Crippen LogP contribution in [0.1, 0.15) is 15.9 Å². The summed E-state index contributed by atoms with van der Waals surface area (Å²) in [6.45, 7) is 1.64. The SMILES string of the molecule is CN(Cc1ccc2c(c1)OCCO2)C(=O)c1ccc2ncsc2c1. The molecule has 1 aliphatic rings. The maximum Gasteiger partial charge on any atom is 0.253 e. The highest BCUT2D eigenvalue weighted by Gasteiger charge is 2.16. The Hall–Kier alpha value is -2.60. The Labute approximate surface area is 143 Å². The Balaban J connectivity index is 1.52. The lowest BCUT2D eigenvalue weighted by Gasteiger charge is -2.21. The predicted octanol–water partition coefficient (Wildman–Crippen LogP) is 3.34. The second-order valence-corrected chi connectivity index (χ2v) is 6.56. The first kappa shape index (κ1) is 15.0. The van der Waals surface area contributed by atoms with Crippen molar-refractivity contribution in [2.45, 2.75) is 6.54 Å². The Bertz CT molecular complexity index is 906. The zero-order valence-corrected chi connectivity index (χ0v) is 14.0. The molecule has 0 unspecified atom stereocenters. The molecule has 24 heavy (non-hydrogen) atoms. The van der Waals surface area contributed by atoms with E-state index in [9.17, 15) is 4.79 Å². The minimum atomic E-state index is -0.0137. The topological polar surface area (TPSA) is 51.7 Å². The van der Waals surface area contributed by atoms with Crippen LogP contribution in [0.3, 0.4) is 0 Å². The van der Waals surface area contributed by atoms with E-state index < -0.39 is 0 Å². The number of benzene rings is 2. The highest BCUT2D eigenvalue weighted by molar-refractivity contribution is 7.16. The summed E-state index contributed by atoms with van der Waals surface area (Å²) in [5.41, 5.74) is 4.39. The molecule has 0 fully saturated rings. The van der Waals surface area contributed by atoms with Crippen molar-refractivity contribution in [1.29, 1.82) is 0 Å². The molecule has 6 heteroatoms. The number of rotatable bonds is 3. The van der Waals surface area contributed by atoms with Crippen LogP contribution in [0.2, 0.25) is 0 Å². The number of hydrogen-bond donors (Lipinski definition) is 0. The van der Waals surface area contributed by atoms with Gasteiger partial charge in [0.05, 0.1) is 15.7 Å². The molecule has 5 nitrogen and oxygen atoms in total. The van der Waals surface area contributed by atoms with Crippen LogP contribution in [0, 0.1) is 0 Å². The molecule has 3 aromatic rings. The van der Waals surface area contributed by atoms with E-state index in [4.69, 9.17) is 9.47 Å². The maximum absolute atomic E-state index is 12.7. The van der Waals surface area contributed by atoms with Crippen molar-refractivity contribution in [3.63, 3.8) is 0 Å². The zero-order valence-electron chi connectivity index (χ0n) is 13.2. The standard InChI is InChI=1S/C18H16N2O3S/c1-20(10-12-2-5-15-16(8-12)23-7-6-22-15)18(21)13-3-4-14-17(9-13)24-11-19-14/h2-5,8-9,11H,6-7,10H2,1H3. The quantitative estimate of drug-likeness (QED) is 0.734. The molecule has 2 heterocycles. The fraction of sp³-hybridized carbons (Fsp3) is 0.222. The predicted molar refractivity (Wildman–Crippen MR) is 92.8 cm³/mol. The molecular weight excluding hydrogens is 324 g/mol. The molecule has 0 radical (unpaired) electrons. The van der Waals surface area contributed by atoms with Gasteiger partial charge in [0.15, 0.2) is 11.5 Å². The highest BCUT2D eigenvalue weighted by Crippen LogP contribution is 2.31. The fourth-order valence-electron chi connectivity index (χ4n) is 2.74. The van der Waals surface area contributed by atoms with Crippen LogP contribution in [-0.2, 0) is 6.54 Å². The number of hydrogen-bond acceptors (Lipinski definition) is 5. The number of ether oxygens (including phenoxy) is 2.